The lowest BCUT2D eigenvalue weighted by atomic mass is 9.99. The maximum atomic E-state index is 12.5. The molecule has 7 heteroatoms. The van der Waals surface area contributed by atoms with Gasteiger partial charge in [-0.1, -0.05) is 12.1 Å². The maximum Gasteiger partial charge on any atom is 0.240 e. The zero-order valence-corrected chi connectivity index (χ0v) is 16.7. The van der Waals surface area contributed by atoms with Crippen molar-refractivity contribution in [3.05, 3.63) is 29.8 Å². The molecule has 3 rings (SSSR count). The first-order chi connectivity index (χ1) is 12.3. The third-order valence-electron chi connectivity index (χ3n) is 5.25. The number of rotatable bonds is 5. The molecule has 0 bridgehead atoms. The van der Waals surface area contributed by atoms with Crippen LogP contribution in [0.3, 0.4) is 0 Å². The summed E-state index contributed by atoms with van der Waals surface area (Å²) >= 11 is 0. The summed E-state index contributed by atoms with van der Waals surface area (Å²) in [7, 11) is -3.52. The first-order valence-corrected chi connectivity index (χ1v) is 10.8. The van der Waals surface area contributed by atoms with Gasteiger partial charge < -0.3 is 9.47 Å². The van der Waals surface area contributed by atoms with E-state index >= 15 is 0 Å². The van der Waals surface area contributed by atoms with E-state index in [4.69, 9.17) is 9.47 Å². The molecule has 0 aliphatic carbocycles. The summed E-state index contributed by atoms with van der Waals surface area (Å²) in [5.41, 5.74) is 0.605. The van der Waals surface area contributed by atoms with Gasteiger partial charge in [-0.15, -0.1) is 0 Å². The molecule has 2 fully saturated rings. The molecule has 1 aromatic carbocycles. The second-order valence-corrected chi connectivity index (χ2v) is 9.51. The lowest BCUT2D eigenvalue weighted by molar-refractivity contribution is -0.0855. The molecule has 146 valence electrons. The molecule has 2 heterocycles. The van der Waals surface area contributed by atoms with Crippen molar-refractivity contribution in [3.63, 3.8) is 0 Å². The maximum absolute atomic E-state index is 12.5. The highest BCUT2D eigenvalue weighted by Crippen LogP contribution is 2.33. The van der Waals surface area contributed by atoms with E-state index < -0.39 is 10.0 Å². The fourth-order valence-electron chi connectivity index (χ4n) is 3.71. The summed E-state index contributed by atoms with van der Waals surface area (Å²) < 4.78 is 39.8. The van der Waals surface area contributed by atoms with Crippen LogP contribution >= 0.6 is 0 Å². The van der Waals surface area contributed by atoms with Crippen LogP contribution in [-0.2, 0) is 19.5 Å². The average Bonchev–Trinajstić information content (AvgIpc) is 2.86. The molecule has 0 amide bonds. The van der Waals surface area contributed by atoms with Crippen LogP contribution < -0.4 is 4.72 Å². The highest BCUT2D eigenvalue weighted by molar-refractivity contribution is 7.89. The Bertz CT molecular complexity index is 722. The van der Waals surface area contributed by atoms with Crippen molar-refractivity contribution < 1.29 is 17.9 Å². The molecule has 0 radical (unpaired) electrons. The van der Waals surface area contributed by atoms with Crippen LogP contribution in [0.15, 0.2) is 29.2 Å². The van der Waals surface area contributed by atoms with Crippen LogP contribution in [0.2, 0.25) is 0 Å². The van der Waals surface area contributed by atoms with Gasteiger partial charge in [-0.05, 0) is 51.3 Å². The van der Waals surface area contributed by atoms with E-state index in [2.05, 4.69) is 23.5 Å². The SMILES string of the molecule is Cc1cccc(S(=O)(=O)NC[C@@H]2CC[C@]3(COCCN(C(C)C)C3)O2)c1. The summed E-state index contributed by atoms with van der Waals surface area (Å²) in [4.78, 5) is 2.68. The fourth-order valence-corrected chi connectivity index (χ4v) is 4.88. The van der Waals surface area contributed by atoms with E-state index in [1.165, 1.54) is 0 Å². The Labute approximate surface area is 156 Å². The third kappa shape index (κ3) is 4.64. The Kier molecular flexibility index (Phi) is 6.04. The van der Waals surface area contributed by atoms with Crippen LogP contribution in [-0.4, -0.2) is 63.9 Å². The van der Waals surface area contributed by atoms with E-state index in [9.17, 15) is 8.42 Å². The second kappa shape index (κ2) is 7.94. The minimum Gasteiger partial charge on any atom is -0.377 e. The lowest BCUT2D eigenvalue weighted by Gasteiger charge is -2.34. The highest BCUT2D eigenvalue weighted by Gasteiger charge is 2.43. The van der Waals surface area contributed by atoms with Crippen molar-refractivity contribution in [1.29, 1.82) is 0 Å². The number of sulfonamides is 1. The second-order valence-electron chi connectivity index (χ2n) is 7.75. The smallest absolute Gasteiger partial charge is 0.240 e. The van der Waals surface area contributed by atoms with Crippen LogP contribution in [0.25, 0.3) is 0 Å². The van der Waals surface area contributed by atoms with Gasteiger partial charge in [0.2, 0.25) is 10.0 Å². The van der Waals surface area contributed by atoms with Gasteiger partial charge in [0.05, 0.1) is 24.2 Å². The molecule has 1 N–H and O–H groups in total. The lowest BCUT2D eigenvalue weighted by Crippen LogP contribution is -2.47. The molecule has 1 aromatic rings. The molecule has 0 saturated carbocycles. The Morgan fingerprint density at radius 3 is 2.92 bits per heavy atom. The number of benzene rings is 1. The van der Waals surface area contributed by atoms with Crippen molar-refractivity contribution in [3.8, 4) is 0 Å². The van der Waals surface area contributed by atoms with Gasteiger partial charge in [-0.25, -0.2) is 13.1 Å². The molecule has 2 saturated heterocycles. The molecule has 2 aliphatic heterocycles. The van der Waals surface area contributed by atoms with Gasteiger partial charge in [-0.2, -0.15) is 0 Å². The van der Waals surface area contributed by atoms with Gasteiger partial charge >= 0.3 is 0 Å². The average molecular weight is 383 g/mol. The van der Waals surface area contributed by atoms with Crippen molar-refractivity contribution >= 4 is 10.0 Å². The largest absolute Gasteiger partial charge is 0.377 e. The van der Waals surface area contributed by atoms with E-state index in [0.29, 0.717) is 30.7 Å². The number of aryl methyl sites for hydroxylation is 1. The van der Waals surface area contributed by atoms with Crippen LogP contribution in [0, 0.1) is 6.92 Å². The number of nitrogens with one attached hydrogen (secondary N) is 1. The van der Waals surface area contributed by atoms with Crippen molar-refractivity contribution in [2.45, 2.75) is 56.3 Å². The minimum absolute atomic E-state index is 0.120. The number of nitrogens with zero attached hydrogens (tertiary/aromatic N) is 1. The van der Waals surface area contributed by atoms with E-state index in [0.717, 1.165) is 31.5 Å². The first kappa shape index (κ1) is 19.8. The van der Waals surface area contributed by atoms with E-state index in [1.807, 2.05) is 13.0 Å². The number of hydrogen-bond donors (Lipinski definition) is 1. The molecule has 0 unspecified atom stereocenters. The standard InChI is InChI=1S/C19H30N2O4S/c1-15(2)21-9-10-24-14-19(13-21)8-7-17(25-19)12-20-26(22,23)18-6-4-5-16(3)11-18/h4-6,11,15,17,20H,7-10,12-14H2,1-3H3/t17-,19-/m0/s1. The molecule has 26 heavy (non-hydrogen) atoms. The molecule has 0 aromatic heterocycles. The molecular weight excluding hydrogens is 352 g/mol. The molecular formula is C19H30N2O4S. The summed E-state index contributed by atoms with van der Waals surface area (Å²) in [6.45, 7) is 9.59. The van der Waals surface area contributed by atoms with Crippen molar-refractivity contribution in [2.24, 2.45) is 0 Å². The van der Waals surface area contributed by atoms with Gasteiger partial charge in [0.15, 0.2) is 0 Å². The van der Waals surface area contributed by atoms with Gasteiger partial charge in [-0.3, -0.25) is 4.90 Å². The third-order valence-corrected chi connectivity index (χ3v) is 6.67. The summed E-state index contributed by atoms with van der Waals surface area (Å²) in [5.74, 6) is 0. The zero-order chi connectivity index (χ0) is 18.8. The predicted octanol–water partition coefficient (Wildman–Crippen LogP) is 1.93. The number of ether oxygens (including phenoxy) is 2. The molecule has 2 atom stereocenters. The Morgan fingerprint density at radius 1 is 1.38 bits per heavy atom. The van der Waals surface area contributed by atoms with Crippen LogP contribution in [0.5, 0.6) is 0 Å². The molecule has 1 spiro atoms. The van der Waals surface area contributed by atoms with Crippen molar-refractivity contribution in [1.82, 2.24) is 9.62 Å². The Hall–Kier alpha value is -0.990. The Morgan fingerprint density at radius 2 is 2.19 bits per heavy atom. The quantitative estimate of drug-likeness (QED) is 0.843. The van der Waals surface area contributed by atoms with E-state index in [-0.39, 0.29) is 11.7 Å². The van der Waals surface area contributed by atoms with E-state index in [1.54, 1.807) is 18.2 Å². The normalized spacial score (nSPS) is 27.9. The summed E-state index contributed by atoms with van der Waals surface area (Å²) in [5, 5.41) is 0. The summed E-state index contributed by atoms with van der Waals surface area (Å²) in [6.07, 6.45) is 1.61. The minimum atomic E-state index is -3.52. The fraction of sp³-hybridized carbons (Fsp3) is 0.684. The monoisotopic (exact) mass is 382 g/mol. The summed E-state index contributed by atoms with van der Waals surface area (Å²) in [6, 6.07) is 7.38. The predicted molar refractivity (Wildman–Crippen MR) is 101 cm³/mol. The Balaban J connectivity index is 1.60. The van der Waals surface area contributed by atoms with Gasteiger partial charge in [0.25, 0.3) is 0 Å². The van der Waals surface area contributed by atoms with Crippen molar-refractivity contribution in [2.75, 3.05) is 32.8 Å². The van der Waals surface area contributed by atoms with Gasteiger partial charge in [0.1, 0.15) is 5.60 Å². The molecule has 6 nitrogen and oxygen atoms in total. The number of hydrogen-bond acceptors (Lipinski definition) is 5. The van der Waals surface area contributed by atoms with Crippen LogP contribution in [0.4, 0.5) is 0 Å². The van der Waals surface area contributed by atoms with Crippen LogP contribution in [0.1, 0.15) is 32.3 Å². The topological polar surface area (TPSA) is 67.9 Å². The zero-order valence-electron chi connectivity index (χ0n) is 15.9. The first-order valence-electron chi connectivity index (χ1n) is 9.36. The van der Waals surface area contributed by atoms with Gasteiger partial charge in [0, 0.05) is 25.7 Å². The highest BCUT2D eigenvalue weighted by atomic mass is 32.2. The molecule has 2 aliphatic rings.